The van der Waals surface area contributed by atoms with Gasteiger partial charge in [0.2, 0.25) is 0 Å². The maximum Gasteiger partial charge on any atom is 0.0768 e. The van der Waals surface area contributed by atoms with Gasteiger partial charge in [0.05, 0.1) is 17.7 Å². The first-order valence-electron chi connectivity index (χ1n) is 5.26. The van der Waals surface area contributed by atoms with Crippen molar-refractivity contribution in [2.24, 2.45) is 11.7 Å². The summed E-state index contributed by atoms with van der Waals surface area (Å²) in [4.78, 5) is 3.01. The first kappa shape index (κ1) is 11.9. The minimum atomic E-state index is 0.306. The van der Waals surface area contributed by atoms with Gasteiger partial charge in [0, 0.05) is 25.6 Å². The van der Waals surface area contributed by atoms with Gasteiger partial charge >= 0.3 is 0 Å². The Balaban J connectivity index is 2.33. The molecule has 2 N–H and O–H groups in total. The zero-order chi connectivity index (χ0) is 10.6. The van der Waals surface area contributed by atoms with Crippen LogP contribution in [0.2, 0.25) is 0 Å². The molecule has 14 heavy (non-hydrogen) atoms. The molecule has 0 bridgehead atoms. The molecule has 2 atom stereocenters. The van der Waals surface area contributed by atoms with E-state index in [0.717, 1.165) is 32.7 Å². The van der Waals surface area contributed by atoms with Crippen LogP contribution in [-0.4, -0.2) is 42.2 Å². The Morgan fingerprint density at radius 2 is 2.43 bits per heavy atom. The van der Waals surface area contributed by atoms with E-state index in [0.29, 0.717) is 17.0 Å². The summed E-state index contributed by atoms with van der Waals surface area (Å²) in [5, 5.41) is 0. The van der Waals surface area contributed by atoms with Crippen molar-refractivity contribution in [3.05, 3.63) is 0 Å². The number of hydrogen-bond donors (Lipinski definition) is 1. The normalized spacial score (nSPS) is 26.0. The van der Waals surface area contributed by atoms with Crippen LogP contribution in [0.4, 0.5) is 0 Å². The van der Waals surface area contributed by atoms with Crippen molar-refractivity contribution in [3.63, 3.8) is 0 Å². The van der Waals surface area contributed by atoms with Crippen molar-refractivity contribution in [3.8, 4) is 0 Å². The highest BCUT2D eigenvalue weighted by Crippen LogP contribution is 2.10. The molecule has 1 heterocycles. The van der Waals surface area contributed by atoms with Crippen LogP contribution in [0.1, 0.15) is 20.3 Å². The van der Waals surface area contributed by atoms with Crippen molar-refractivity contribution >= 4 is 17.2 Å². The molecule has 0 aliphatic carbocycles. The van der Waals surface area contributed by atoms with Crippen molar-refractivity contribution in [1.29, 1.82) is 0 Å². The third-order valence-corrected chi connectivity index (χ3v) is 3.10. The fraction of sp³-hybridized carbons (Fsp3) is 0.900. The Bertz CT molecular complexity index is 199. The monoisotopic (exact) mass is 216 g/mol. The maximum absolute atomic E-state index is 5.59. The number of nitrogens with two attached hydrogens (primary N) is 1. The molecule has 0 saturated carbocycles. The average Bonchev–Trinajstić information content (AvgIpc) is 2.18. The van der Waals surface area contributed by atoms with Crippen LogP contribution in [0.3, 0.4) is 0 Å². The molecule has 1 fully saturated rings. The predicted octanol–water partition coefficient (Wildman–Crippen LogP) is 1.02. The van der Waals surface area contributed by atoms with Gasteiger partial charge in [-0.3, -0.25) is 4.90 Å². The lowest BCUT2D eigenvalue weighted by molar-refractivity contribution is -0.0312. The molecule has 2 unspecified atom stereocenters. The molecule has 0 radical (unpaired) electrons. The number of rotatable bonds is 4. The van der Waals surface area contributed by atoms with Crippen molar-refractivity contribution < 1.29 is 4.74 Å². The fourth-order valence-electron chi connectivity index (χ4n) is 1.67. The number of thiocarbonyl (C=S) groups is 1. The Morgan fingerprint density at radius 1 is 1.71 bits per heavy atom. The highest BCUT2D eigenvalue weighted by molar-refractivity contribution is 7.80. The lowest BCUT2D eigenvalue weighted by Gasteiger charge is -2.33. The van der Waals surface area contributed by atoms with E-state index >= 15 is 0 Å². The third kappa shape index (κ3) is 3.52. The van der Waals surface area contributed by atoms with E-state index < -0.39 is 0 Å². The molecule has 0 amide bonds. The molecule has 82 valence electrons. The van der Waals surface area contributed by atoms with Gasteiger partial charge in [0.15, 0.2) is 0 Å². The summed E-state index contributed by atoms with van der Waals surface area (Å²) in [6.45, 7) is 8.06. The molecule has 3 nitrogen and oxygen atoms in total. The summed E-state index contributed by atoms with van der Waals surface area (Å²) in [6.07, 6.45) is 1.47. The molecule has 1 aliphatic rings. The summed E-state index contributed by atoms with van der Waals surface area (Å²) in [5.41, 5.74) is 5.59. The molecule has 1 aliphatic heterocycles. The summed E-state index contributed by atoms with van der Waals surface area (Å²) in [7, 11) is 0. The summed E-state index contributed by atoms with van der Waals surface area (Å²) >= 11 is 4.96. The average molecular weight is 216 g/mol. The topological polar surface area (TPSA) is 38.5 Å². The molecule has 0 aromatic carbocycles. The number of ether oxygens (including phenoxy) is 1. The van der Waals surface area contributed by atoms with E-state index in [9.17, 15) is 0 Å². The van der Waals surface area contributed by atoms with Crippen molar-refractivity contribution in [1.82, 2.24) is 4.90 Å². The van der Waals surface area contributed by atoms with Crippen molar-refractivity contribution in [2.45, 2.75) is 26.4 Å². The first-order valence-corrected chi connectivity index (χ1v) is 5.67. The summed E-state index contributed by atoms with van der Waals surface area (Å²) in [5.74, 6) is 0.306. The van der Waals surface area contributed by atoms with Crippen LogP contribution in [0.25, 0.3) is 0 Å². The molecule has 0 aromatic rings. The van der Waals surface area contributed by atoms with E-state index in [1.165, 1.54) is 0 Å². The van der Waals surface area contributed by atoms with Crippen LogP contribution >= 0.6 is 12.2 Å². The van der Waals surface area contributed by atoms with Gasteiger partial charge in [-0.05, 0) is 6.42 Å². The molecular weight excluding hydrogens is 196 g/mol. The van der Waals surface area contributed by atoms with Gasteiger partial charge in [-0.2, -0.15) is 0 Å². The Hall–Kier alpha value is -0.190. The molecule has 0 aromatic heterocycles. The molecule has 0 spiro atoms. The lowest BCUT2D eigenvalue weighted by atomic mass is 10.1. The van der Waals surface area contributed by atoms with Crippen LogP contribution in [0.5, 0.6) is 0 Å². The van der Waals surface area contributed by atoms with E-state index in [1.807, 2.05) is 0 Å². The quantitative estimate of drug-likeness (QED) is 0.712. The van der Waals surface area contributed by atoms with Gasteiger partial charge < -0.3 is 10.5 Å². The van der Waals surface area contributed by atoms with Crippen LogP contribution in [-0.2, 0) is 4.74 Å². The number of morpholine rings is 1. The first-order chi connectivity index (χ1) is 6.63. The number of nitrogens with zero attached hydrogens (tertiary/aromatic N) is 1. The molecule has 1 saturated heterocycles. The molecule has 4 heteroatoms. The lowest BCUT2D eigenvalue weighted by Crippen LogP contribution is -2.45. The smallest absolute Gasteiger partial charge is 0.0768 e. The van der Waals surface area contributed by atoms with Gasteiger partial charge in [0.1, 0.15) is 0 Å². The minimum absolute atomic E-state index is 0.306. The van der Waals surface area contributed by atoms with Crippen LogP contribution in [0, 0.1) is 5.92 Å². The van der Waals surface area contributed by atoms with E-state index in [4.69, 9.17) is 22.7 Å². The zero-order valence-electron chi connectivity index (χ0n) is 9.03. The zero-order valence-corrected chi connectivity index (χ0v) is 9.85. The van der Waals surface area contributed by atoms with E-state index in [1.54, 1.807) is 0 Å². The predicted molar refractivity (Wildman–Crippen MR) is 62.4 cm³/mol. The Morgan fingerprint density at radius 3 is 3.00 bits per heavy atom. The Labute approximate surface area is 91.6 Å². The Kier molecular flexibility index (Phi) is 4.78. The summed E-state index contributed by atoms with van der Waals surface area (Å²) < 4.78 is 5.59. The molecular formula is C10H20N2OS. The SMILES string of the molecule is CCC1CN(CC(C)C(N)=S)CCO1. The minimum Gasteiger partial charge on any atom is -0.393 e. The largest absolute Gasteiger partial charge is 0.393 e. The second-order valence-electron chi connectivity index (χ2n) is 3.96. The standard InChI is InChI=1S/C10H20N2OS/c1-3-9-7-12(4-5-13-9)6-8(2)10(11)14/h8-9H,3-7H2,1-2H3,(H2,11,14). The van der Waals surface area contributed by atoms with Gasteiger partial charge in [0.25, 0.3) is 0 Å². The van der Waals surface area contributed by atoms with E-state index in [-0.39, 0.29) is 0 Å². The van der Waals surface area contributed by atoms with Gasteiger partial charge in [-0.1, -0.05) is 26.1 Å². The summed E-state index contributed by atoms with van der Waals surface area (Å²) in [6, 6.07) is 0. The number of hydrogen-bond acceptors (Lipinski definition) is 3. The van der Waals surface area contributed by atoms with Crippen LogP contribution < -0.4 is 5.73 Å². The fourth-order valence-corrected chi connectivity index (χ4v) is 1.75. The second kappa shape index (κ2) is 5.63. The highest BCUT2D eigenvalue weighted by Gasteiger charge is 2.20. The second-order valence-corrected chi connectivity index (χ2v) is 4.44. The van der Waals surface area contributed by atoms with E-state index in [2.05, 4.69) is 18.7 Å². The van der Waals surface area contributed by atoms with Gasteiger partial charge in [-0.15, -0.1) is 0 Å². The highest BCUT2D eigenvalue weighted by atomic mass is 32.1. The third-order valence-electron chi connectivity index (χ3n) is 2.70. The van der Waals surface area contributed by atoms with Crippen LogP contribution in [0.15, 0.2) is 0 Å². The molecule has 1 rings (SSSR count). The van der Waals surface area contributed by atoms with Gasteiger partial charge in [-0.25, -0.2) is 0 Å². The van der Waals surface area contributed by atoms with Crippen molar-refractivity contribution in [2.75, 3.05) is 26.2 Å². The maximum atomic E-state index is 5.59.